The Hall–Kier alpha value is -1.58. The molecule has 0 bridgehead atoms. The summed E-state index contributed by atoms with van der Waals surface area (Å²) in [5.41, 5.74) is 2.72. The number of aromatic nitrogens is 1. The predicted octanol–water partition coefficient (Wildman–Crippen LogP) is 1.45. The van der Waals surface area contributed by atoms with Crippen LogP contribution in [0.3, 0.4) is 0 Å². The Kier molecular flexibility index (Phi) is 3.29. The van der Waals surface area contributed by atoms with E-state index >= 15 is 0 Å². The third-order valence-corrected chi connectivity index (χ3v) is 2.45. The summed E-state index contributed by atoms with van der Waals surface area (Å²) in [6.07, 6.45) is 0.669. The van der Waals surface area contributed by atoms with Crippen molar-refractivity contribution in [3.8, 4) is 0 Å². The number of aromatic amines is 1. The lowest BCUT2D eigenvalue weighted by Gasteiger charge is -2.01. The van der Waals surface area contributed by atoms with Gasteiger partial charge in [0.1, 0.15) is 5.69 Å². The molecule has 0 saturated carbocycles. The Labute approximate surface area is 89.1 Å². The van der Waals surface area contributed by atoms with E-state index in [9.17, 15) is 9.59 Å². The van der Waals surface area contributed by atoms with Crippen molar-refractivity contribution >= 4 is 11.7 Å². The van der Waals surface area contributed by atoms with Crippen LogP contribution in [-0.2, 0) is 6.42 Å². The van der Waals surface area contributed by atoms with E-state index in [2.05, 4.69) is 10.3 Å². The molecule has 0 atom stereocenters. The summed E-state index contributed by atoms with van der Waals surface area (Å²) in [7, 11) is 1.57. The zero-order chi connectivity index (χ0) is 11.6. The minimum absolute atomic E-state index is 0.00393. The number of ketones is 1. The maximum absolute atomic E-state index is 11.5. The van der Waals surface area contributed by atoms with Crippen LogP contribution in [0.1, 0.15) is 46.0 Å². The lowest BCUT2D eigenvalue weighted by atomic mass is 10.0. The van der Waals surface area contributed by atoms with Crippen molar-refractivity contribution in [1.82, 2.24) is 10.3 Å². The number of rotatable bonds is 3. The molecule has 0 spiro atoms. The molecule has 0 radical (unpaired) electrons. The van der Waals surface area contributed by atoms with E-state index in [1.165, 1.54) is 6.92 Å². The Balaban J connectivity index is 3.37. The molecule has 0 aromatic carbocycles. The van der Waals surface area contributed by atoms with Crippen molar-refractivity contribution in [3.05, 3.63) is 22.5 Å². The molecule has 0 aliphatic carbocycles. The van der Waals surface area contributed by atoms with Crippen LogP contribution in [-0.4, -0.2) is 23.7 Å². The van der Waals surface area contributed by atoms with Crippen LogP contribution in [0.15, 0.2) is 0 Å². The molecule has 82 valence electrons. The fourth-order valence-corrected chi connectivity index (χ4v) is 1.83. The van der Waals surface area contributed by atoms with E-state index in [0.29, 0.717) is 17.7 Å². The standard InChI is InChI=1S/C11H16N2O2/c1-5-8-9(7(3)14)6(2)13-10(8)11(15)12-4/h13H,5H2,1-4H3,(H,12,15). The first-order chi connectivity index (χ1) is 7.02. The van der Waals surface area contributed by atoms with Crippen molar-refractivity contribution in [1.29, 1.82) is 0 Å². The van der Waals surface area contributed by atoms with E-state index in [-0.39, 0.29) is 11.7 Å². The van der Waals surface area contributed by atoms with Gasteiger partial charge in [-0.15, -0.1) is 0 Å². The molecule has 1 aromatic heterocycles. The lowest BCUT2D eigenvalue weighted by molar-refractivity contribution is 0.0957. The molecule has 1 rings (SSSR count). The van der Waals surface area contributed by atoms with Crippen LogP contribution in [0, 0.1) is 6.92 Å². The number of hydrogen-bond acceptors (Lipinski definition) is 2. The second kappa shape index (κ2) is 4.29. The number of hydrogen-bond donors (Lipinski definition) is 2. The summed E-state index contributed by atoms with van der Waals surface area (Å²) in [6.45, 7) is 5.26. The van der Waals surface area contributed by atoms with Crippen LogP contribution < -0.4 is 5.32 Å². The van der Waals surface area contributed by atoms with Gasteiger partial charge in [-0.2, -0.15) is 0 Å². The fourth-order valence-electron chi connectivity index (χ4n) is 1.83. The highest BCUT2D eigenvalue weighted by atomic mass is 16.2. The second-order valence-electron chi connectivity index (χ2n) is 3.47. The van der Waals surface area contributed by atoms with E-state index in [0.717, 1.165) is 11.3 Å². The van der Waals surface area contributed by atoms with Crippen LogP contribution in [0.4, 0.5) is 0 Å². The highest BCUT2D eigenvalue weighted by molar-refractivity contribution is 6.02. The average molecular weight is 208 g/mol. The quantitative estimate of drug-likeness (QED) is 0.738. The smallest absolute Gasteiger partial charge is 0.267 e. The first-order valence-corrected chi connectivity index (χ1v) is 4.97. The summed E-state index contributed by atoms with van der Waals surface area (Å²) in [4.78, 5) is 25.9. The molecule has 0 unspecified atom stereocenters. The number of Topliss-reactive ketones (excluding diaryl/α,β-unsaturated/α-hetero) is 1. The van der Waals surface area contributed by atoms with Gasteiger partial charge in [0, 0.05) is 18.3 Å². The van der Waals surface area contributed by atoms with Gasteiger partial charge in [0.2, 0.25) is 0 Å². The van der Waals surface area contributed by atoms with Gasteiger partial charge in [-0.1, -0.05) is 6.92 Å². The molecule has 2 N–H and O–H groups in total. The van der Waals surface area contributed by atoms with Gasteiger partial charge in [-0.05, 0) is 25.8 Å². The van der Waals surface area contributed by atoms with Gasteiger partial charge in [-0.25, -0.2) is 0 Å². The molecule has 1 amide bonds. The third kappa shape index (κ3) is 1.93. The molecule has 1 heterocycles. The molecular weight excluding hydrogens is 192 g/mol. The van der Waals surface area contributed by atoms with Gasteiger partial charge in [0.25, 0.3) is 5.91 Å². The molecule has 1 aromatic rings. The topological polar surface area (TPSA) is 62.0 Å². The predicted molar refractivity (Wildman–Crippen MR) is 58.3 cm³/mol. The highest BCUT2D eigenvalue weighted by Gasteiger charge is 2.20. The van der Waals surface area contributed by atoms with Crippen LogP contribution >= 0.6 is 0 Å². The minimum Gasteiger partial charge on any atom is -0.354 e. The monoisotopic (exact) mass is 208 g/mol. The van der Waals surface area contributed by atoms with E-state index in [1.54, 1.807) is 7.05 Å². The van der Waals surface area contributed by atoms with Crippen molar-refractivity contribution in [2.45, 2.75) is 27.2 Å². The molecule has 0 saturated heterocycles. The first kappa shape index (κ1) is 11.5. The molecule has 4 heteroatoms. The van der Waals surface area contributed by atoms with E-state index in [4.69, 9.17) is 0 Å². The molecule has 4 nitrogen and oxygen atoms in total. The number of aryl methyl sites for hydroxylation is 1. The molecule has 0 aliphatic rings. The molecular formula is C11H16N2O2. The van der Waals surface area contributed by atoms with E-state index < -0.39 is 0 Å². The zero-order valence-corrected chi connectivity index (χ0v) is 9.52. The maximum atomic E-state index is 11.5. The lowest BCUT2D eigenvalue weighted by Crippen LogP contribution is -2.19. The summed E-state index contributed by atoms with van der Waals surface area (Å²) < 4.78 is 0. The highest BCUT2D eigenvalue weighted by Crippen LogP contribution is 2.20. The second-order valence-corrected chi connectivity index (χ2v) is 3.47. The normalized spacial score (nSPS) is 10.1. The summed E-state index contributed by atoms with van der Waals surface area (Å²) in [5, 5.41) is 2.55. The van der Waals surface area contributed by atoms with Gasteiger partial charge >= 0.3 is 0 Å². The number of amides is 1. The van der Waals surface area contributed by atoms with Gasteiger partial charge in [0.15, 0.2) is 5.78 Å². The number of carbonyl (C=O) groups is 2. The summed E-state index contributed by atoms with van der Waals surface area (Å²) in [5.74, 6) is -0.182. The Morgan fingerprint density at radius 3 is 2.40 bits per heavy atom. The average Bonchev–Trinajstić information content (AvgIpc) is 2.53. The number of H-pyrrole nitrogens is 1. The number of carbonyl (C=O) groups excluding carboxylic acids is 2. The Morgan fingerprint density at radius 2 is 2.00 bits per heavy atom. The fraction of sp³-hybridized carbons (Fsp3) is 0.455. The maximum Gasteiger partial charge on any atom is 0.267 e. The number of nitrogens with one attached hydrogen (secondary N) is 2. The van der Waals surface area contributed by atoms with Crippen LogP contribution in [0.2, 0.25) is 0 Å². The van der Waals surface area contributed by atoms with Crippen molar-refractivity contribution in [2.75, 3.05) is 7.05 Å². The summed E-state index contributed by atoms with van der Waals surface area (Å²) in [6, 6.07) is 0. The van der Waals surface area contributed by atoms with E-state index in [1.807, 2.05) is 13.8 Å². The molecule has 0 fully saturated rings. The van der Waals surface area contributed by atoms with Gasteiger partial charge in [0.05, 0.1) is 0 Å². The molecule has 15 heavy (non-hydrogen) atoms. The van der Waals surface area contributed by atoms with Crippen molar-refractivity contribution < 1.29 is 9.59 Å². The molecule has 0 aliphatic heterocycles. The minimum atomic E-state index is -0.178. The Bertz CT molecular complexity index is 405. The van der Waals surface area contributed by atoms with Gasteiger partial charge in [-0.3, -0.25) is 9.59 Å². The van der Waals surface area contributed by atoms with Crippen molar-refractivity contribution in [3.63, 3.8) is 0 Å². The van der Waals surface area contributed by atoms with Crippen LogP contribution in [0.5, 0.6) is 0 Å². The third-order valence-electron chi connectivity index (χ3n) is 2.45. The van der Waals surface area contributed by atoms with Crippen molar-refractivity contribution in [2.24, 2.45) is 0 Å². The first-order valence-electron chi connectivity index (χ1n) is 4.97. The zero-order valence-electron chi connectivity index (χ0n) is 9.52. The SMILES string of the molecule is CCc1c(C(=O)NC)[nH]c(C)c1C(C)=O. The summed E-state index contributed by atoms with van der Waals surface area (Å²) >= 11 is 0. The largest absolute Gasteiger partial charge is 0.354 e. The van der Waals surface area contributed by atoms with Gasteiger partial charge < -0.3 is 10.3 Å². The van der Waals surface area contributed by atoms with Crippen LogP contribution in [0.25, 0.3) is 0 Å². The Morgan fingerprint density at radius 1 is 1.40 bits per heavy atom.